The molecule has 4 rings (SSSR count). The number of carbonyl (C=O) groups is 1. The van der Waals surface area contributed by atoms with Crippen molar-refractivity contribution in [3.8, 4) is 0 Å². The highest BCUT2D eigenvalue weighted by molar-refractivity contribution is 7.21. The van der Waals surface area contributed by atoms with Crippen LogP contribution in [0, 0.1) is 0 Å². The third kappa shape index (κ3) is 6.11. The van der Waals surface area contributed by atoms with E-state index in [1.807, 2.05) is 32.9 Å². The Morgan fingerprint density at radius 2 is 2.18 bits per heavy atom. The largest absolute Gasteiger partial charge is 0.444 e. The minimum Gasteiger partial charge on any atom is -0.444 e. The molecule has 2 aliphatic heterocycles. The first-order valence-corrected chi connectivity index (χ1v) is 12.5. The molecule has 0 bridgehead atoms. The van der Waals surface area contributed by atoms with E-state index in [4.69, 9.17) is 9.73 Å². The highest BCUT2D eigenvalue weighted by Gasteiger charge is 2.33. The van der Waals surface area contributed by atoms with Crippen LogP contribution in [0.25, 0.3) is 10.3 Å². The number of amides is 1. The molecule has 0 spiro atoms. The standard InChI is InChI=1S/C24H35N7O2S/c1-24(2,3)33-23(32)31-11-9-17(15-31)26-19-12-16(14-29(4)5)13-20(30(19)6)28-22-27-18-8-7-10-25-21(18)34-22/h7-8,10,13,17,19,26H,9,11-12,14-15H2,1-6H3. The molecule has 4 heterocycles. The molecule has 0 aromatic carbocycles. The van der Waals surface area contributed by atoms with E-state index >= 15 is 0 Å². The lowest BCUT2D eigenvalue weighted by Crippen LogP contribution is -2.53. The summed E-state index contributed by atoms with van der Waals surface area (Å²) in [4.78, 5) is 33.4. The fourth-order valence-electron chi connectivity index (χ4n) is 4.25. The van der Waals surface area contributed by atoms with Gasteiger partial charge in [0, 0.05) is 45.3 Å². The summed E-state index contributed by atoms with van der Waals surface area (Å²) in [5.74, 6) is 0.877. The Kier molecular flexibility index (Phi) is 7.20. The second-order valence-corrected chi connectivity index (χ2v) is 11.2. The summed E-state index contributed by atoms with van der Waals surface area (Å²) >= 11 is 1.50. The number of likely N-dealkylation sites (N-methyl/N-ethyl adjacent to an activating group) is 2. The SMILES string of the molecule is CN(C)CC1=CC(=Nc2nc3cccnc3s2)N(C)C(NC2CCN(C(=O)OC(C)(C)C)C2)C1. The molecule has 0 aliphatic carbocycles. The summed E-state index contributed by atoms with van der Waals surface area (Å²) in [6, 6.07) is 4.05. The van der Waals surface area contributed by atoms with Gasteiger partial charge in [-0.25, -0.2) is 19.8 Å². The third-order valence-electron chi connectivity index (χ3n) is 5.77. The molecule has 184 valence electrons. The predicted molar refractivity (Wildman–Crippen MR) is 137 cm³/mol. The van der Waals surface area contributed by atoms with Gasteiger partial charge in [-0.2, -0.15) is 0 Å². The summed E-state index contributed by atoms with van der Waals surface area (Å²) < 4.78 is 5.55. The molecule has 9 nitrogen and oxygen atoms in total. The van der Waals surface area contributed by atoms with E-state index < -0.39 is 5.60 Å². The lowest BCUT2D eigenvalue weighted by molar-refractivity contribution is 0.0289. The molecule has 2 atom stereocenters. The topological polar surface area (TPSA) is 86.2 Å². The van der Waals surface area contributed by atoms with Crippen molar-refractivity contribution < 1.29 is 9.53 Å². The maximum absolute atomic E-state index is 12.5. The quantitative estimate of drug-likeness (QED) is 0.694. The van der Waals surface area contributed by atoms with Crippen LogP contribution < -0.4 is 5.32 Å². The number of hydrogen-bond acceptors (Lipinski definition) is 8. The van der Waals surface area contributed by atoms with Crippen LogP contribution in [0.4, 0.5) is 9.93 Å². The van der Waals surface area contributed by atoms with Gasteiger partial charge in [0.05, 0.1) is 6.17 Å². The number of carbonyl (C=O) groups excluding carboxylic acids is 1. The van der Waals surface area contributed by atoms with Gasteiger partial charge in [0.1, 0.15) is 21.8 Å². The fraction of sp³-hybridized carbons (Fsp3) is 0.583. The van der Waals surface area contributed by atoms with Gasteiger partial charge >= 0.3 is 6.09 Å². The lowest BCUT2D eigenvalue weighted by Gasteiger charge is -2.37. The van der Waals surface area contributed by atoms with E-state index in [1.54, 1.807) is 11.1 Å². The Balaban J connectivity index is 1.49. The first-order chi connectivity index (χ1) is 16.1. The average molecular weight is 486 g/mol. The van der Waals surface area contributed by atoms with Crippen molar-refractivity contribution in [1.82, 2.24) is 30.0 Å². The number of ether oxygens (including phenoxy) is 1. The number of aromatic nitrogens is 2. The zero-order chi connectivity index (χ0) is 24.5. The number of fused-ring (bicyclic) bond motifs is 1. The van der Waals surface area contributed by atoms with Crippen molar-refractivity contribution in [3.05, 3.63) is 30.0 Å². The minimum atomic E-state index is -0.487. The number of nitrogens with one attached hydrogen (secondary N) is 1. The number of hydrogen-bond donors (Lipinski definition) is 1. The molecule has 2 aliphatic rings. The Hall–Kier alpha value is -2.56. The molecule has 1 amide bonds. The Labute approximate surface area is 205 Å². The van der Waals surface area contributed by atoms with E-state index in [0.29, 0.717) is 18.2 Å². The average Bonchev–Trinajstić information content (AvgIpc) is 3.36. The Morgan fingerprint density at radius 1 is 1.38 bits per heavy atom. The van der Waals surface area contributed by atoms with E-state index in [1.165, 1.54) is 16.9 Å². The number of likely N-dealkylation sites (tertiary alicyclic amines) is 1. The minimum absolute atomic E-state index is 0.0785. The number of nitrogens with zero attached hydrogens (tertiary/aromatic N) is 6. The first kappa shape index (κ1) is 24.6. The van der Waals surface area contributed by atoms with Crippen LogP contribution in [-0.2, 0) is 4.74 Å². The van der Waals surface area contributed by atoms with Crippen molar-refractivity contribution in [2.75, 3.05) is 40.8 Å². The molecule has 0 saturated carbocycles. The molecule has 2 aromatic heterocycles. The van der Waals surface area contributed by atoms with Gasteiger partial charge in [-0.1, -0.05) is 11.3 Å². The number of rotatable bonds is 5. The van der Waals surface area contributed by atoms with Gasteiger partial charge in [-0.15, -0.1) is 0 Å². The van der Waals surface area contributed by atoms with Crippen molar-refractivity contribution in [1.29, 1.82) is 0 Å². The van der Waals surface area contributed by atoms with E-state index in [9.17, 15) is 4.79 Å². The van der Waals surface area contributed by atoms with Gasteiger partial charge in [0.2, 0.25) is 5.13 Å². The molecule has 10 heteroatoms. The van der Waals surface area contributed by atoms with Crippen LogP contribution in [0.3, 0.4) is 0 Å². The van der Waals surface area contributed by atoms with Crippen molar-refractivity contribution in [3.63, 3.8) is 0 Å². The summed E-state index contributed by atoms with van der Waals surface area (Å²) in [5.41, 5.74) is 1.69. The summed E-state index contributed by atoms with van der Waals surface area (Å²) in [5, 5.41) is 4.47. The molecule has 34 heavy (non-hydrogen) atoms. The number of thiazole rings is 1. The monoisotopic (exact) mass is 485 g/mol. The van der Waals surface area contributed by atoms with Gasteiger partial charge < -0.3 is 19.4 Å². The van der Waals surface area contributed by atoms with Crippen LogP contribution in [-0.4, -0.2) is 95.2 Å². The van der Waals surface area contributed by atoms with Crippen molar-refractivity contribution >= 4 is 38.7 Å². The van der Waals surface area contributed by atoms with Crippen LogP contribution in [0.5, 0.6) is 0 Å². The van der Waals surface area contributed by atoms with Crippen LogP contribution >= 0.6 is 11.3 Å². The molecule has 0 radical (unpaired) electrons. The molecule has 1 fully saturated rings. The zero-order valence-electron chi connectivity index (χ0n) is 20.9. The molecule has 2 aromatic rings. The Morgan fingerprint density at radius 3 is 2.88 bits per heavy atom. The van der Waals surface area contributed by atoms with Gasteiger partial charge in [-0.05, 0) is 65.1 Å². The molecule has 1 saturated heterocycles. The smallest absolute Gasteiger partial charge is 0.410 e. The molecule has 1 N–H and O–H groups in total. The van der Waals surface area contributed by atoms with Gasteiger partial charge in [0.25, 0.3) is 0 Å². The maximum atomic E-state index is 12.5. The van der Waals surface area contributed by atoms with E-state index in [0.717, 1.165) is 35.6 Å². The van der Waals surface area contributed by atoms with Crippen molar-refractivity contribution in [2.45, 2.75) is 51.4 Å². The summed E-state index contributed by atoms with van der Waals surface area (Å²) in [7, 11) is 6.21. The summed E-state index contributed by atoms with van der Waals surface area (Å²) in [6.45, 7) is 7.89. The second-order valence-electron chi connectivity index (χ2n) is 10.2. The van der Waals surface area contributed by atoms with Gasteiger partial charge in [0.15, 0.2) is 0 Å². The van der Waals surface area contributed by atoms with Crippen LogP contribution in [0.1, 0.15) is 33.6 Å². The number of amidine groups is 1. The number of aliphatic imine (C=N–C) groups is 1. The normalized spacial score (nSPS) is 22.7. The first-order valence-electron chi connectivity index (χ1n) is 11.7. The summed E-state index contributed by atoms with van der Waals surface area (Å²) in [6.07, 6.45) is 5.56. The van der Waals surface area contributed by atoms with E-state index in [-0.39, 0.29) is 18.3 Å². The second kappa shape index (κ2) is 9.97. The molecular weight excluding hydrogens is 450 g/mol. The number of pyridine rings is 1. The predicted octanol–water partition coefficient (Wildman–Crippen LogP) is 3.47. The van der Waals surface area contributed by atoms with E-state index in [2.05, 4.69) is 52.3 Å². The zero-order valence-corrected chi connectivity index (χ0v) is 21.7. The molecule has 2 unspecified atom stereocenters. The van der Waals surface area contributed by atoms with Crippen LogP contribution in [0.15, 0.2) is 35.0 Å². The fourth-order valence-corrected chi connectivity index (χ4v) is 5.04. The van der Waals surface area contributed by atoms with Crippen molar-refractivity contribution in [2.24, 2.45) is 4.99 Å². The highest BCUT2D eigenvalue weighted by atomic mass is 32.1. The third-order valence-corrected chi connectivity index (χ3v) is 6.64. The van der Waals surface area contributed by atoms with Gasteiger partial charge in [-0.3, -0.25) is 5.32 Å². The Bertz CT molecular complexity index is 1060. The molecular formula is C24H35N7O2S. The highest BCUT2D eigenvalue weighted by Crippen LogP contribution is 2.28. The van der Waals surface area contributed by atoms with Crippen LogP contribution in [0.2, 0.25) is 0 Å². The maximum Gasteiger partial charge on any atom is 0.410 e. The lowest BCUT2D eigenvalue weighted by atomic mass is 10.0.